The molecule has 2 rings (SSSR count). The average Bonchev–Trinajstić information content (AvgIpc) is 2.93. The first-order chi connectivity index (χ1) is 8.63. The zero-order chi connectivity index (χ0) is 13.0. The van der Waals surface area contributed by atoms with Crippen LogP contribution in [0.3, 0.4) is 0 Å². The topological polar surface area (TPSA) is 17.1 Å². The highest BCUT2D eigenvalue weighted by Gasteiger charge is 2.06. The molecule has 0 radical (unpaired) electrons. The van der Waals surface area contributed by atoms with E-state index in [9.17, 15) is 4.79 Å². The van der Waals surface area contributed by atoms with Gasteiger partial charge in [-0.2, -0.15) is 0 Å². The summed E-state index contributed by atoms with van der Waals surface area (Å²) in [5.41, 5.74) is 0. The van der Waals surface area contributed by atoms with Crippen LogP contribution in [0.15, 0.2) is 31.8 Å². The number of aryl methyl sites for hydroxylation is 2. The van der Waals surface area contributed by atoms with Gasteiger partial charge in [0.05, 0.1) is 7.57 Å². The molecule has 0 spiro atoms. The Balaban J connectivity index is 1.72. The van der Waals surface area contributed by atoms with Gasteiger partial charge in [0.15, 0.2) is 0 Å². The molecule has 0 unspecified atom stereocenters. The van der Waals surface area contributed by atoms with Crippen molar-refractivity contribution in [3.63, 3.8) is 0 Å². The SMILES string of the molecule is O=C(CCc1ccc(Br)s1)CCc1ccc(Br)s1. The first kappa shape index (κ1) is 14.4. The first-order valence-electron chi connectivity index (χ1n) is 5.63. The number of Topliss-reactive ketones (excluding diaryl/α,β-unsaturated/α-hetero) is 1. The zero-order valence-corrected chi connectivity index (χ0v) is 14.4. The lowest BCUT2D eigenvalue weighted by Gasteiger charge is -1.98. The molecule has 0 aromatic carbocycles. The number of ketones is 1. The molecule has 18 heavy (non-hydrogen) atoms. The maximum atomic E-state index is 11.8. The highest BCUT2D eigenvalue weighted by Crippen LogP contribution is 2.24. The molecule has 2 aromatic heterocycles. The Morgan fingerprint density at radius 1 is 0.889 bits per heavy atom. The van der Waals surface area contributed by atoms with Crippen LogP contribution in [-0.4, -0.2) is 5.78 Å². The molecule has 0 aliphatic heterocycles. The fourth-order valence-electron chi connectivity index (χ4n) is 1.62. The Labute approximate surface area is 131 Å². The van der Waals surface area contributed by atoms with Crippen molar-refractivity contribution < 1.29 is 4.79 Å². The van der Waals surface area contributed by atoms with Crippen LogP contribution in [0.25, 0.3) is 0 Å². The van der Waals surface area contributed by atoms with Crippen molar-refractivity contribution in [2.45, 2.75) is 25.7 Å². The molecule has 0 N–H and O–H groups in total. The van der Waals surface area contributed by atoms with Gasteiger partial charge in [0.2, 0.25) is 0 Å². The van der Waals surface area contributed by atoms with Crippen molar-refractivity contribution in [2.24, 2.45) is 0 Å². The second-order valence-electron chi connectivity index (χ2n) is 3.95. The van der Waals surface area contributed by atoms with E-state index in [2.05, 4.69) is 44.0 Å². The van der Waals surface area contributed by atoms with Crippen LogP contribution in [0.5, 0.6) is 0 Å². The number of hydrogen-bond donors (Lipinski definition) is 0. The van der Waals surface area contributed by atoms with Crippen LogP contribution in [-0.2, 0) is 17.6 Å². The minimum atomic E-state index is 0.351. The highest BCUT2D eigenvalue weighted by molar-refractivity contribution is 9.11. The molecule has 0 aliphatic rings. The number of carbonyl (C=O) groups excluding carboxylic acids is 1. The third-order valence-electron chi connectivity index (χ3n) is 2.56. The summed E-state index contributed by atoms with van der Waals surface area (Å²) < 4.78 is 2.27. The Bertz CT molecular complexity index is 484. The van der Waals surface area contributed by atoms with E-state index >= 15 is 0 Å². The molecule has 0 amide bonds. The molecule has 0 bridgehead atoms. The first-order valence-corrected chi connectivity index (χ1v) is 8.85. The predicted octanol–water partition coefficient (Wildman–Crippen LogP) is 5.47. The second-order valence-corrected chi connectivity index (χ2v) is 9.05. The quantitative estimate of drug-likeness (QED) is 0.620. The van der Waals surface area contributed by atoms with Gasteiger partial charge in [0, 0.05) is 22.6 Å². The van der Waals surface area contributed by atoms with Gasteiger partial charge in [0.1, 0.15) is 5.78 Å². The van der Waals surface area contributed by atoms with Crippen LogP contribution in [0.1, 0.15) is 22.6 Å². The van der Waals surface area contributed by atoms with Crippen LogP contribution >= 0.6 is 54.5 Å². The lowest BCUT2D eigenvalue weighted by Crippen LogP contribution is -2.00. The third-order valence-corrected chi connectivity index (χ3v) is 5.93. The molecule has 2 heterocycles. The van der Waals surface area contributed by atoms with E-state index in [0.29, 0.717) is 18.6 Å². The Morgan fingerprint density at radius 2 is 1.33 bits per heavy atom. The van der Waals surface area contributed by atoms with E-state index < -0.39 is 0 Å². The maximum absolute atomic E-state index is 11.8. The summed E-state index contributed by atoms with van der Waals surface area (Å²) in [5, 5.41) is 0. The van der Waals surface area contributed by atoms with Gasteiger partial charge >= 0.3 is 0 Å². The fraction of sp³-hybridized carbons (Fsp3) is 0.308. The molecule has 0 aliphatic carbocycles. The summed E-state index contributed by atoms with van der Waals surface area (Å²) in [7, 11) is 0. The molecule has 2 aromatic rings. The molecule has 1 nitrogen and oxygen atoms in total. The summed E-state index contributed by atoms with van der Waals surface area (Å²) in [5.74, 6) is 0.351. The van der Waals surface area contributed by atoms with E-state index in [1.807, 2.05) is 12.1 Å². The average molecular weight is 408 g/mol. The number of rotatable bonds is 6. The predicted molar refractivity (Wildman–Crippen MR) is 85.7 cm³/mol. The number of halogens is 2. The van der Waals surface area contributed by atoms with Crippen molar-refractivity contribution in [1.82, 2.24) is 0 Å². The lowest BCUT2D eigenvalue weighted by molar-refractivity contribution is -0.119. The molecule has 0 saturated heterocycles. The van der Waals surface area contributed by atoms with Gasteiger partial charge in [-0.1, -0.05) is 0 Å². The van der Waals surface area contributed by atoms with Gasteiger partial charge in [-0.3, -0.25) is 4.79 Å². The third kappa shape index (κ3) is 4.61. The fourth-order valence-corrected chi connectivity index (χ4v) is 4.59. The largest absolute Gasteiger partial charge is 0.300 e. The van der Waals surface area contributed by atoms with E-state index in [1.54, 1.807) is 22.7 Å². The molecule has 96 valence electrons. The smallest absolute Gasteiger partial charge is 0.133 e. The minimum Gasteiger partial charge on any atom is -0.300 e. The Morgan fingerprint density at radius 3 is 1.67 bits per heavy atom. The summed E-state index contributed by atoms with van der Waals surface area (Å²) >= 11 is 10.3. The van der Waals surface area contributed by atoms with Crippen molar-refractivity contribution in [2.75, 3.05) is 0 Å². The van der Waals surface area contributed by atoms with Crippen LogP contribution in [0, 0.1) is 0 Å². The summed E-state index contributed by atoms with van der Waals surface area (Å²) in [6, 6.07) is 8.23. The summed E-state index contributed by atoms with van der Waals surface area (Å²) in [6.07, 6.45) is 3.03. The van der Waals surface area contributed by atoms with Gasteiger partial charge < -0.3 is 0 Å². The standard InChI is InChI=1S/C13H12Br2OS2/c14-12-7-5-10(17-12)3-1-9(16)2-4-11-6-8-13(15)18-11/h5-8H,1-4H2. The molecule has 0 fully saturated rings. The van der Waals surface area contributed by atoms with Gasteiger partial charge in [-0.25, -0.2) is 0 Å². The zero-order valence-electron chi connectivity index (χ0n) is 9.62. The van der Waals surface area contributed by atoms with E-state index in [1.165, 1.54) is 9.75 Å². The van der Waals surface area contributed by atoms with Crippen molar-refractivity contribution >= 4 is 60.3 Å². The second kappa shape index (κ2) is 6.98. The van der Waals surface area contributed by atoms with E-state index in [-0.39, 0.29) is 0 Å². The van der Waals surface area contributed by atoms with Gasteiger partial charge in [0.25, 0.3) is 0 Å². The normalized spacial score (nSPS) is 10.8. The molecule has 0 atom stereocenters. The summed E-state index contributed by atoms with van der Waals surface area (Å²) in [4.78, 5) is 14.3. The number of carbonyl (C=O) groups is 1. The van der Waals surface area contributed by atoms with Crippen LogP contribution in [0.4, 0.5) is 0 Å². The Kier molecular flexibility index (Phi) is 5.60. The monoisotopic (exact) mass is 406 g/mol. The molecular weight excluding hydrogens is 396 g/mol. The van der Waals surface area contributed by atoms with Crippen molar-refractivity contribution in [3.8, 4) is 0 Å². The van der Waals surface area contributed by atoms with Crippen LogP contribution < -0.4 is 0 Å². The van der Waals surface area contributed by atoms with E-state index in [0.717, 1.165) is 20.4 Å². The molecule has 0 saturated carbocycles. The highest BCUT2D eigenvalue weighted by atomic mass is 79.9. The van der Waals surface area contributed by atoms with Crippen molar-refractivity contribution in [1.29, 1.82) is 0 Å². The number of hydrogen-bond acceptors (Lipinski definition) is 3. The molecular formula is C13H12Br2OS2. The maximum Gasteiger partial charge on any atom is 0.133 e. The summed E-state index contributed by atoms with van der Waals surface area (Å²) in [6.45, 7) is 0. The van der Waals surface area contributed by atoms with Crippen LogP contribution in [0.2, 0.25) is 0 Å². The number of thiophene rings is 2. The minimum absolute atomic E-state index is 0.351. The van der Waals surface area contributed by atoms with E-state index in [4.69, 9.17) is 0 Å². The van der Waals surface area contributed by atoms with Gasteiger partial charge in [-0.05, 0) is 69.0 Å². The molecule has 5 heteroatoms. The lowest BCUT2D eigenvalue weighted by atomic mass is 10.1. The Hall–Kier alpha value is 0.0300. The van der Waals surface area contributed by atoms with Crippen molar-refractivity contribution in [3.05, 3.63) is 41.6 Å². The van der Waals surface area contributed by atoms with Gasteiger partial charge in [-0.15, -0.1) is 22.7 Å².